The number of hydrogen-bond acceptors (Lipinski definition) is 1. The van der Waals surface area contributed by atoms with Crippen LogP contribution in [0, 0.1) is 11.8 Å². The Hall–Kier alpha value is -0.980. The maximum Gasteiger partial charge on any atom is 0.0405 e. The normalized spacial score (nSPS) is 19.9. The predicted octanol–water partition coefficient (Wildman–Crippen LogP) is 3.49. The van der Waals surface area contributed by atoms with Gasteiger partial charge in [0.2, 0.25) is 0 Å². The zero-order valence-electron chi connectivity index (χ0n) is 10.0. The van der Waals surface area contributed by atoms with Gasteiger partial charge in [0.05, 0.1) is 0 Å². The Morgan fingerprint density at radius 2 is 2.20 bits per heavy atom. The molecule has 0 bridgehead atoms. The van der Waals surface area contributed by atoms with Crippen molar-refractivity contribution in [1.29, 1.82) is 0 Å². The first kappa shape index (κ1) is 10.5. The highest BCUT2D eigenvalue weighted by molar-refractivity contribution is 5.59. The molecule has 0 aromatic heterocycles. The van der Waals surface area contributed by atoms with Crippen LogP contribution in [0.3, 0.4) is 0 Å². The van der Waals surface area contributed by atoms with E-state index in [4.69, 9.17) is 0 Å². The van der Waals surface area contributed by atoms with Crippen LogP contribution in [-0.4, -0.2) is 6.54 Å². The third kappa shape index (κ3) is 2.01. The molecule has 0 saturated carbocycles. The summed E-state index contributed by atoms with van der Waals surface area (Å²) in [6.45, 7) is 8.01. The molecular weight excluding hydrogens is 182 g/mol. The second-order valence-electron chi connectivity index (χ2n) is 4.89. The van der Waals surface area contributed by atoms with E-state index in [1.807, 2.05) is 0 Å². The second-order valence-corrected chi connectivity index (χ2v) is 4.89. The van der Waals surface area contributed by atoms with Gasteiger partial charge in [0.25, 0.3) is 0 Å². The molecule has 2 rings (SSSR count). The molecule has 1 atom stereocenters. The minimum atomic E-state index is 0.774. The minimum absolute atomic E-state index is 0.774. The van der Waals surface area contributed by atoms with Gasteiger partial charge in [0.15, 0.2) is 0 Å². The molecule has 1 nitrogen and oxygen atoms in total. The second kappa shape index (κ2) is 4.26. The fourth-order valence-corrected chi connectivity index (χ4v) is 2.40. The van der Waals surface area contributed by atoms with E-state index in [0.717, 1.165) is 24.8 Å². The van der Waals surface area contributed by atoms with Crippen LogP contribution < -0.4 is 5.32 Å². The van der Waals surface area contributed by atoms with Gasteiger partial charge in [-0.2, -0.15) is 0 Å². The highest BCUT2D eigenvalue weighted by atomic mass is 14.9. The lowest BCUT2D eigenvalue weighted by Crippen LogP contribution is -2.27. The lowest BCUT2D eigenvalue weighted by molar-refractivity contribution is 0.393. The first-order chi connectivity index (χ1) is 7.22. The molecule has 0 aliphatic carbocycles. The van der Waals surface area contributed by atoms with E-state index < -0.39 is 0 Å². The van der Waals surface area contributed by atoms with Crippen molar-refractivity contribution in [1.82, 2.24) is 0 Å². The Morgan fingerprint density at radius 3 is 2.87 bits per heavy atom. The van der Waals surface area contributed by atoms with Crippen LogP contribution >= 0.6 is 0 Å². The van der Waals surface area contributed by atoms with E-state index >= 15 is 0 Å². The summed E-state index contributed by atoms with van der Waals surface area (Å²) in [4.78, 5) is 0. The van der Waals surface area contributed by atoms with Gasteiger partial charge in [-0.25, -0.2) is 0 Å². The molecule has 82 valence electrons. The predicted molar refractivity (Wildman–Crippen MR) is 66.3 cm³/mol. The zero-order chi connectivity index (χ0) is 10.8. The Kier molecular flexibility index (Phi) is 2.99. The van der Waals surface area contributed by atoms with Crippen LogP contribution in [0.5, 0.6) is 0 Å². The Morgan fingerprint density at radius 1 is 1.40 bits per heavy atom. The maximum absolute atomic E-state index is 3.61. The molecule has 0 saturated heterocycles. The standard InChI is InChI=1S/C14H21N/c1-4-11-6-5-7-12-8-13(10(2)3)9-15-14(11)12/h5-7,10,13,15H,4,8-9H2,1-3H3. The monoisotopic (exact) mass is 203 g/mol. The van der Waals surface area contributed by atoms with Gasteiger partial charge in [0, 0.05) is 12.2 Å². The summed E-state index contributed by atoms with van der Waals surface area (Å²) >= 11 is 0. The van der Waals surface area contributed by atoms with Gasteiger partial charge in [-0.3, -0.25) is 0 Å². The first-order valence-electron chi connectivity index (χ1n) is 6.07. The minimum Gasteiger partial charge on any atom is -0.384 e. The van der Waals surface area contributed by atoms with Gasteiger partial charge in [0.1, 0.15) is 0 Å². The summed E-state index contributed by atoms with van der Waals surface area (Å²) in [5.41, 5.74) is 4.39. The molecule has 1 aliphatic heterocycles. The third-order valence-electron chi connectivity index (χ3n) is 3.58. The van der Waals surface area contributed by atoms with E-state index in [0.29, 0.717) is 0 Å². The topological polar surface area (TPSA) is 12.0 Å². The van der Waals surface area contributed by atoms with Gasteiger partial charge >= 0.3 is 0 Å². The highest BCUT2D eigenvalue weighted by Gasteiger charge is 2.21. The molecule has 0 radical (unpaired) electrons. The molecule has 1 aromatic rings. The van der Waals surface area contributed by atoms with E-state index in [-0.39, 0.29) is 0 Å². The Balaban J connectivity index is 2.27. The fourth-order valence-electron chi connectivity index (χ4n) is 2.40. The van der Waals surface area contributed by atoms with Gasteiger partial charge in [-0.15, -0.1) is 0 Å². The molecule has 1 unspecified atom stereocenters. The molecule has 0 fully saturated rings. The molecule has 0 amide bonds. The van der Waals surface area contributed by atoms with Gasteiger partial charge in [-0.05, 0) is 35.8 Å². The van der Waals surface area contributed by atoms with E-state index in [2.05, 4.69) is 44.3 Å². The van der Waals surface area contributed by atoms with E-state index in [1.165, 1.54) is 23.2 Å². The third-order valence-corrected chi connectivity index (χ3v) is 3.58. The molecule has 1 aliphatic rings. The number of aryl methyl sites for hydroxylation is 1. The van der Waals surface area contributed by atoms with Crippen LogP contribution in [-0.2, 0) is 12.8 Å². The molecule has 0 spiro atoms. The number of para-hydroxylation sites is 1. The maximum atomic E-state index is 3.61. The number of fused-ring (bicyclic) bond motifs is 1. The summed E-state index contributed by atoms with van der Waals surface area (Å²) < 4.78 is 0. The number of rotatable bonds is 2. The van der Waals surface area contributed by atoms with Crippen LogP contribution in [0.4, 0.5) is 5.69 Å². The van der Waals surface area contributed by atoms with Gasteiger partial charge < -0.3 is 5.32 Å². The largest absolute Gasteiger partial charge is 0.384 e. The summed E-state index contributed by atoms with van der Waals surface area (Å²) in [5, 5.41) is 3.61. The average molecular weight is 203 g/mol. The van der Waals surface area contributed by atoms with Crippen LogP contribution in [0.1, 0.15) is 31.9 Å². The number of nitrogens with one attached hydrogen (secondary N) is 1. The molecule has 1 aromatic carbocycles. The molecule has 1 heteroatoms. The van der Waals surface area contributed by atoms with Crippen molar-refractivity contribution in [2.75, 3.05) is 11.9 Å². The van der Waals surface area contributed by atoms with Crippen LogP contribution in [0.25, 0.3) is 0 Å². The van der Waals surface area contributed by atoms with Crippen molar-refractivity contribution in [3.8, 4) is 0 Å². The van der Waals surface area contributed by atoms with Crippen LogP contribution in [0.2, 0.25) is 0 Å². The van der Waals surface area contributed by atoms with Crippen molar-refractivity contribution < 1.29 is 0 Å². The number of anilines is 1. The summed E-state index contributed by atoms with van der Waals surface area (Å²) in [6, 6.07) is 6.71. The van der Waals surface area contributed by atoms with Crippen molar-refractivity contribution >= 4 is 5.69 Å². The molecule has 1 N–H and O–H groups in total. The summed E-state index contributed by atoms with van der Waals surface area (Å²) in [6.07, 6.45) is 2.37. The van der Waals surface area contributed by atoms with E-state index in [1.54, 1.807) is 0 Å². The summed E-state index contributed by atoms with van der Waals surface area (Å²) in [5.74, 6) is 1.57. The lowest BCUT2D eigenvalue weighted by Gasteiger charge is -2.30. The molecule has 1 heterocycles. The SMILES string of the molecule is CCc1cccc2c1NCC(C(C)C)C2. The molecular formula is C14H21N. The Bertz CT molecular complexity index is 341. The van der Waals surface area contributed by atoms with Crippen molar-refractivity contribution in [3.05, 3.63) is 29.3 Å². The Labute approximate surface area is 92.9 Å². The number of benzene rings is 1. The first-order valence-corrected chi connectivity index (χ1v) is 6.07. The number of hydrogen-bond donors (Lipinski definition) is 1. The van der Waals surface area contributed by atoms with Crippen molar-refractivity contribution in [2.24, 2.45) is 11.8 Å². The average Bonchev–Trinajstić information content (AvgIpc) is 2.27. The summed E-state index contributed by atoms with van der Waals surface area (Å²) in [7, 11) is 0. The lowest BCUT2D eigenvalue weighted by atomic mass is 9.85. The zero-order valence-corrected chi connectivity index (χ0v) is 10.0. The van der Waals surface area contributed by atoms with Crippen molar-refractivity contribution in [3.63, 3.8) is 0 Å². The van der Waals surface area contributed by atoms with E-state index in [9.17, 15) is 0 Å². The quantitative estimate of drug-likeness (QED) is 0.776. The van der Waals surface area contributed by atoms with Gasteiger partial charge in [-0.1, -0.05) is 39.0 Å². The smallest absolute Gasteiger partial charge is 0.0405 e. The highest BCUT2D eigenvalue weighted by Crippen LogP contribution is 2.31. The van der Waals surface area contributed by atoms with Crippen molar-refractivity contribution in [2.45, 2.75) is 33.6 Å². The fraction of sp³-hybridized carbons (Fsp3) is 0.571. The molecule has 15 heavy (non-hydrogen) atoms. The van der Waals surface area contributed by atoms with Crippen LogP contribution in [0.15, 0.2) is 18.2 Å².